The van der Waals surface area contributed by atoms with Gasteiger partial charge in [-0.2, -0.15) is 0 Å². The zero-order chi connectivity index (χ0) is 13.4. The van der Waals surface area contributed by atoms with Crippen LogP contribution in [-0.2, 0) is 4.79 Å². The topological polar surface area (TPSA) is 54.1 Å². The van der Waals surface area contributed by atoms with Crippen LogP contribution in [0.2, 0.25) is 0 Å². The monoisotopic (exact) mass is 258 g/mol. The number of hydrogen-bond acceptors (Lipinski definition) is 2. The number of benzene rings is 1. The first-order chi connectivity index (χ1) is 9.19. The van der Waals surface area contributed by atoms with Crippen molar-refractivity contribution in [2.45, 2.75) is 0 Å². The highest BCUT2D eigenvalue weighted by Crippen LogP contribution is 2.34. The molecule has 0 bridgehead atoms. The Kier molecular flexibility index (Phi) is 2.59. The summed E-state index contributed by atoms with van der Waals surface area (Å²) in [6.07, 6.45) is 3.37. The molecule has 0 saturated heterocycles. The molecule has 0 spiro atoms. The molecule has 2 heterocycles. The van der Waals surface area contributed by atoms with Crippen LogP contribution in [0.15, 0.2) is 30.5 Å². The number of halogens is 1. The number of rotatable bonds is 2. The first kappa shape index (κ1) is 11.5. The Morgan fingerprint density at radius 2 is 2.16 bits per heavy atom. The van der Waals surface area contributed by atoms with Crippen LogP contribution in [0, 0.1) is 5.82 Å². The number of ether oxygens (including phenoxy) is 1. The van der Waals surface area contributed by atoms with Crippen LogP contribution in [0.3, 0.4) is 0 Å². The number of methoxy groups -OCH3 is 1. The lowest BCUT2D eigenvalue weighted by Gasteiger charge is -2.00. The number of fused-ring (bicyclic) bond motifs is 1. The van der Waals surface area contributed by atoms with Gasteiger partial charge in [-0.3, -0.25) is 4.79 Å². The third-order valence-corrected chi connectivity index (χ3v) is 3.01. The minimum atomic E-state index is -0.375. The molecular formula is C14H11FN2O2. The molecule has 0 radical (unpaired) electrons. The second-order valence-electron chi connectivity index (χ2n) is 4.16. The SMILES string of the molecule is COc1cc[nH]c1/C=C1\C(=O)Nc2ccc(F)cc21. The number of hydrogen-bond donors (Lipinski definition) is 2. The number of aromatic nitrogens is 1. The molecule has 0 atom stereocenters. The Hall–Kier alpha value is -2.56. The van der Waals surface area contributed by atoms with Gasteiger partial charge in [0.25, 0.3) is 5.91 Å². The number of carbonyl (C=O) groups excluding carboxylic acids is 1. The summed E-state index contributed by atoms with van der Waals surface area (Å²) in [5, 5.41) is 2.70. The van der Waals surface area contributed by atoms with Crippen LogP contribution in [0.5, 0.6) is 5.75 Å². The van der Waals surface area contributed by atoms with Gasteiger partial charge in [0.15, 0.2) is 0 Å². The highest BCUT2D eigenvalue weighted by molar-refractivity contribution is 6.34. The fourth-order valence-electron chi connectivity index (χ4n) is 2.11. The predicted molar refractivity (Wildman–Crippen MR) is 70.2 cm³/mol. The lowest BCUT2D eigenvalue weighted by atomic mass is 10.1. The van der Waals surface area contributed by atoms with Crippen LogP contribution < -0.4 is 10.1 Å². The molecule has 1 amide bonds. The van der Waals surface area contributed by atoms with Crippen molar-refractivity contribution < 1.29 is 13.9 Å². The summed E-state index contributed by atoms with van der Waals surface area (Å²) in [6, 6.07) is 5.97. The zero-order valence-corrected chi connectivity index (χ0v) is 10.2. The third kappa shape index (κ3) is 1.89. The average Bonchev–Trinajstić information content (AvgIpc) is 2.96. The van der Waals surface area contributed by atoms with Crippen LogP contribution in [-0.4, -0.2) is 18.0 Å². The number of nitrogens with one attached hydrogen (secondary N) is 2. The quantitative estimate of drug-likeness (QED) is 0.814. The van der Waals surface area contributed by atoms with Gasteiger partial charge in [-0.05, 0) is 30.3 Å². The van der Waals surface area contributed by atoms with Gasteiger partial charge in [-0.15, -0.1) is 0 Å². The van der Waals surface area contributed by atoms with Crippen LogP contribution in [0.25, 0.3) is 11.6 Å². The summed E-state index contributed by atoms with van der Waals surface area (Å²) >= 11 is 0. The smallest absolute Gasteiger partial charge is 0.256 e. The van der Waals surface area contributed by atoms with E-state index in [0.29, 0.717) is 28.3 Å². The molecule has 1 aromatic heterocycles. The van der Waals surface area contributed by atoms with Crippen molar-refractivity contribution in [1.82, 2.24) is 4.98 Å². The molecule has 1 aliphatic rings. The highest BCUT2D eigenvalue weighted by Gasteiger charge is 2.25. The van der Waals surface area contributed by atoms with Gasteiger partial charge >= 0.3 is 0 Å². The fourth-order valence-corrected chi connectivity index (χ4v) is 2.11. The molecule has 2 aromatic rings. The van der Waals surface area contributed by atoms with E-state index in [9.17, 15) is 9.18 Å². The maximum Gasteiger partial charge on any atom is 0.256 e. The molecule has 19 heavy (non-hydrogen) atoms. The van der Waals surface area contributed by atoms with Gasteiger partial charge in [-0.1, -0.05) is 0 Å². The highest BCUT2D eigenvalue weighted by atomic mass is 19.1. The van der Waals surface area contributed by atoms with Crippen molar-refractivity contribution in [3.05, 3.63) is 47.5 Å². The zero-order valence-electron chi connectivity index (χ0n) is 10.2. The minimum absolute atomic E-state index is 0.253. The summed E-state index contributed by atoms with van der Waals surface area (Å²) < 4.78 is 18.4. The Morgan fingerprint density at radius 1 is 1.32 bits per heavy atom. The van der Waals surface area contributed by atoms with E-state index in [2.05, 4.69) is 10.3 Å². The Bertz CT molecular complexity index is 689. The van der Waals surface area contributed by atoms with Crippen molar-refractivity contribution in [2.24, 2.45) is 0 Å². The van der Waals surface area contributed by atoms with Gasteiger partial charge in [0, 0.05) is 17.4 Å². The Morgan fingerprint density at radius 3 is 2.95 bits per heavy atom. The molecule has 1 aromatic carbocycles. The van der Waals surface area contributed by atoms with E-state index in [1.807, 2.05) is 0 Å². The van der Waals surface area contributed by atoms with Crippen LogP contribution >= 0.6 is 0 Å². The summed E-state index contributed by atoms with van der Waals surface area (Å²) in [7, 11) is 1.55. The molecule has 96 valence electrons. The standard InChI is InChI=1S/C14H11FN2O2/c1-19-13-4-5-16-12(13)7-10-9-6-8(15)2-3-11(9)17-14(10)18/h2-7,16H,1H3,(H,17,18)/b10-7-. The van der Waals surface area contributed by atoms with E-state index < -0.39 is 0 Å². The fraction of sp³-hybridized carbons (Fsp3) is 0.0714. The van der Waals surface area contributed by atoms with Gasteiger partial charge < -0.3 is 15.0 Å². The molecule has 1 aliphatic heterocycles. The van der Waals surface area contributed by atoms with Crippen LogP contribution in [0.1, 0.15) is 11.3 Å². The molecule has 0 fully saturated rings. The maximum absolute atomic E-state index is 13.3. The second-order valence-corrected chi connectivity index (χ2v) is 4.16. The number of amides is 1. The minimum Gasteiger partial charge on any atom is -0.495 e. The van der Waals surface area contributed by atoms with Gasteiger partial charge in [0.2, 0.25) is 0 Å². The largest absolute Gasteiger partial charge is 0.495 e. The summed E-state index contributed by atoms with van der Waals surface area (Å²) in [5.41, 5.74) is 2.25. The van der Waals surface area contributed by atoms with Crippen LogP contribution in [0.4, 0.5) is 10.1 Å². The Balaban J connectivity index is 2.11. The van der Waals surface area contributed by atoms with E-state index in [1.165, 1.54) is 12.1 Å². The number of carbonyl (C=O) groups is 1. The summed E-state index contributed by atoms with van der Waals surface area (Å²) in [4.78, 5) is 14.9. The first-order valence-electron chi connectivity index (χ1n) is 5.73. The average molecular weight is 258 g/mol. The Labute approximate surface area is 108 Å². The number of H-pyrrole nitrogens is 1. The van der Waals surface area contributed by atoms with E-state index in [1.54, 1.807) is 31.5 Å². The summed E-state index contributed by atoms with van der Waals surface area (Å²) in [5.74, 6) is 0.00186. The molecule has 2 N–H and O–H groups in total. The third-order valence-electron chi connectivity index (χ3n) is 3.01. The maximum atomic E-state index is 13.3. The molecule has 5 heteroatoms. The molecule has 4 nitrogen and oxygen atoms in total. The van der Waals surface area contributed by atoms with E-state index in [0.717, 1.165) is 0 Å². The van der Waals surface area contributed by atoms with Gasteiger partial charge in [0.05, 0.1) is 18.4 Å². The lowest BCUT2D eigenvalue weighted by Crippen LogP contribution is -2.03. The van der Waals surface area contributed by atoms with E-state index in [-0.39, 0.29) is 11.7 Å². The molecule has 3 rings (SSSR count). The van der Waals surface area contributed by atoms with E-state index >= 15 is 0 Å². The van der Waals surface area contributed by atoms with Crippen molar-refractivity contribution in [3.63, 3.8) is 0 Å². The lowest BCUT2D eigenvalue weighted by molar-refractivity contribution is -0.110. The van der Waals surface area contributed by atoms with Crippen molar-refractivity contribution >= 4 is 23.2 Å². The van der Waals surface area contributed by atoms with Gasteiger partial charge in [0.1, 0.15) is 11.6 Å². The van der Waals surface area contributed by atoms with Crippen molar-refractivity contribution in [1.29, 1.82) is 0 Å². The number of anilines is 1. The normalized spacial score (nSPS) is 15.5. The summed E-state index contributed by atoms with van der Waals surface area (Å²) in [6.45, 7) is 0. The van der Waals surface area contributed by atoms with Crippen molar-refractivity contribution in [3.8, 4) is 5.75 Å². The molecule has 0 unspecified atom stereocenters. The van der Waals surface area contributed by atoms with Crippen molar-refractivity contribution in [2.75, 3.05) is 12.4 Å². The second kappa shape index (κ2) is 4.28. The first-order valence-corrected chi connectivity index (χ1v) is 5.73. The molecular weight excluding hydrogens is 247 g/mol. The molecule has 0 aliphatic carbocycles. The number of aromatic amines is 1. The molecule has 0 saturated carbocycles. The predicted octanol–water partition coefficient (Wildman–Crippen LogP) is 2.66. The van der Waals surface area contributed by atoms with E-state index in [4.69, 9.17) is 4.74 Å². The van der Waals surface area contributed by atoms with Gasteiger partial charge in [-0.25, -0.2) is 4.39 Å².